The van der Waals surface area contributed by atoms with E-state index in [-0.39, 0.29) is 11.8 Å². The van der Waals surface area contributed by atoms with Crippen molar-refractivity contribution >= 4 is 5.71 Å². The van der Waals surface area contributed by atoms with Crippen molar-refractivity contribution in [3.05, 3.63) is 101 Å². The third kappa shape index (κ3) is 3.28. The van der Waals surface area contributed by atoms with Gasteiger partial charge in [-0.3, -0.25) is 4.99 Å². The highest BCUT2D eigenvalue weighted by atomic mass is 16.3. The normalized spacial score (nSPS) is 17.0. The molecule has 1 aliphatic carbocycles. The van der Waals surface area contributed by atoms with Crippen LogP contribution in [0.15, 0.2) is 77.8 Å². The third-order valence-electron chi connectivity index (χ3n) is 5.08. The molecule has 1 unspecified atom stereocenters. The Morgan fingerprint density at radius 1 is 0.962 bits per heavy atom. The average Bonchev–Trinajstić information content (AvgIpc) is 2.69. The van der Waals surface area contributed by atoms with Crippen molar-refractivity contribution in [2.45, 2.75) is 32.2 Å². The van der Waals surface area contributed by atoms with E-state index < -0.39 is 0 Å². The number of hydrogen-bond acceptors (Lipinski definition) is 2. The number of hydrogen-bond donors (Lipinski definition) is 1. The number of aliphatic imine (C=N–C) groups is 1. The molecule has 0 saturated carbocycles. The molecule has 0 saturated heterocycles. The van der Waals surface area contributed by atoms with Gasteiger partial charge in [-0.15, -0.1) is 0 Å². The van der Waals surface area contributed by atoms with E-state index in [1.165, 1.54) is 11.1 Å². The second kappa shape index (κ2) is 7.17. The summed E-state index contributed by atoms with van der Waals surface area (Å²) in [6.07, 6.45) is 3.31. The van der Waals surface area contributed by atoms with Crippen LogP contribution in [-0.4, -0.2) is 10.8 Å². The number of phenols is 1. The number of fused-ring (bicyclic) bond motifs is 1. The summed E-state index contributed by atoms with van der Waals surface area (Å²) in [6, 6.07) is 24.6. The summed E-state index contributed by atoms with van der Waals surface area (Å²) >= 11 is 0. The number of rotatable bonds is 3. The second-order valence-corrected chi connectivity index (χ2v) is 6.97. The molecule has 1 aliphatic rings. The van der Waals surface area contributed by atoms with Crippen molar-refractivity contribution in [1.29, 1.82) is 0 Å². The Morgan fingerprint density at radius 3 is 2.58 bits per heavy atom. The van der Waals surface area contributed by atoms with Gasteiger partial charge in [-0.05, 0) is 49.4 Å². The zero-order valence-corrected chi connectivity index (χ0v) is 15.0. The fourth-order valence-corrected chi connectivity index (χ4v) is 3.75. The molecule has 1 atom stereocenters. The van der Waals surface area contributed by atoms with Gasteiger partial charge >= 0.3 is 0 Å². The first-order valence-corrected chi connectivity index (χ1v) is 9.23. The van der Waals surface area contributed by atoms with Gasteiger partial charge in [-0.2, -0.15) is 0 Å². The maximum absolute atomic E-state index is 10.5. The summed E-state index contributed by atoms with van der Waals surface area (Å²) in [4.78, 5) is 5.18. The first kappa shape index (κ1) is 16.6. The number of aromatic hydroxyl groups is 1. The van der Waals surface area contributed by atoms with E-state index in [2.05, 4.69) is 36.4 Å². The quantitative estimate of drug-likeness (QED) is 0.617. The summed E-state index contributed by atoms with van der Waals surface area (Å²) in [5.74, 6) is 0.280. The van der Waals surface area contributed by atoms with Crippen LogP contribution in [-0.2, 0) is 6.42 Å². The molecule has 0 radical (unpaired) electrons. The third-order valence-corrected chi connectivity index (χ3v) is 5.08. The largest absolute Gasteiger partial charge is 0.507 e. The molecule has 0 bridgehead atoms. The van der Waals surface area contributed by atoms with Crippen molar-refractivity contribution in [1.82, 2.24) is 0 Å². The van der Waals surface area contributed by atoms with Crippen LogP contribution >= 0.6 is 0 Å². The average molecular weight is 341 g/mol. The highest BCUT2D eigenvalue weighted by molar-refractivity contribution is 6.14. The maximum atomic E-state index is 10.5. The van der Waals surface area contributed by atoms with E-state index >= 15 is 0 Å². The Balaban J connectivity index is 1.87. The van der Waals surface area contributed by atoms with Crippen molar-refractivity contribution < 1.29 is 5.11 Å². The Bertz CT molecular complexity index is 943. The molecule has 1 N–H and O–H groups in total. The predicted molar refractivity (Wildman–Crippen MR) is 107 cm³/mol. The van der Waals surface area contributed by atoms with Gasteiger partial charge < -0.3 is 5.11 Å². The van der Waals surface area contributed by atoms with Crippen LogP contribution in [0.3, 0.4) is 0 Å². The Labute approximate surface area is 154 Å². The lowest BCUT2D eigenvalue weighted by Gasteiger charge is -2.24. The molecule has 0 amide bonds. The monoisotopic (exact) mass is 341 g/mol. The van der Waals surface area contributed by atoms with Crippen molar-refractivity contribution in [2.75, 3.05) is 0 Å². The minimum atomic E-state index is 0.134. The van der Waals surface area contributed by atoms with Crippen LogP contribution in [0.25, 0.3) is 0 Å². The second-order valence-electron chi connectivity index (χ2n) is 6.97. The molecule has 0 aromatic heterocycles. The minimum Gasteiger partial charge on any atom is -0.507 e. The van der Waals surface area contributed by atoms with Crippen LogP contribution in [0.1, 0.15) is 46.7 Å². The fourth-order valence-electron chi connectivity index (χ4n) is 3.75. The van der Waals surface area contributed by atoms with Crippen LogP contribution in [0.4, 0.5) is 0 Å². The van der Waals surface area contributed by atoms with E-state index in [1.807, 2.05) is 37.3 Å². The molecule has 0 spiro atoms. The standard InChI is InChI=1S/C24H23NO/c1-17-14-15-23(26)21(16-17)24(19-9-3-2-4-10-19)25-22-13-7-11-18-8-5-6-12-20(18)22/h2-6,8-10,12,14-16,22,26H,7,11,13H2,1H3. The summed E-state index contributed by atoms with van der Waals surface area (Å²) in [7, 11) is 0. The molecule has 3 aromatic rings. The van der Waals surface area contributed by atoms with Crippen LogP contribution < -0.4 is 0 Å². The first-order chi connectivity index (χ1) is 12.7. The number of phenolic OH excluding ortho intramolecular Hbond substituents is 1. The molecular weight excluding hydrogens is 318 g/mol. The van der Waals surface area contributed by atoms with E-state index in [1.54, 1.807) is 6.07 Å². The van der Waals surface area contributed by atoms with Gasteiger partial charge in [0, 0.05) is 11.1 Å². The van der Waals surface area contributed by atoms with Crippen LogP contribution in [0.2, 0.25) is 0 Å². The van der Waals surface area contributed by atoms with Gasteiger partial charge in [0.15, 0.2) is 0 Å². The summed E-state index contributed by atoms with van der Waals surface area (Å²) in [6.45, 7) is 2.04. The van der Waals surface area contributed by atoms with Gasteiger partial charge in [0.05, 0.1) is 11.8 Å². The number of benzene rings is 3. The van der Waals surface area contributed by atoms with Crippen molar-refractivity contribution in [3.63, 3.8) is 0 Å². The topological polar surface area (TPSA) is 32.6 Å². The van der Waals surface area contributed by atoms with Gasteiger partial charge in [-0.25, -0.2) is 0 Å². The van der Waals surface area contributed by atoms with Gasteiger partial charge in [0.1, 0.15) is 5.75 Å². The van der Waals surface area contributed by atoms with E-state index in [0.29, 0.717) is 0 Å². The summed E-state index contributed by atoms with van der Waals surface area (Å²) in [5, 5.41) is 10.5. The van der Waals surface area contributed by atoms with Crippen molar-refractivity contribution in [2.24, 2.45) is 4.99 Å². The first-order valence-electron chi connectivity index (χ1n) is 9.23. The molecular formula is C24H23NO. The summed E-state index contributed by atoms with van der Waals surface area (Å²) in [5.41, 5.74) is 6.54. The lowest BCUT2D eigenvalue weighted by atomic mass is 9.87. The molecule has 2 nitrogen and oxygen atoms in total. The SMILES string of the molecule is Cc1ccc(O)c(C(=NC2CCCc3ccccc32)c2ccccc2)c1. The van der Waals surface area contributed by atoms with Gasteiger partial charge in [0.2, 0.25) is 0 Å². The minimum absolute atomic E-state index is 0.134. The number of aryl methyl sites for hydroxylation is 2. The zero-order valence-electron chi connectivity index (χ0n) is 15.0. The molecule has 4 rings (SSSR count). The maximum Gasteiger partial charge on any atom is 0.124 e. The molecule has 0 fully saturated rings. The van der Waals surface area contributed by atoms with Crippen LogP contribution in [0, 0.1) is 6.92 Å². The van der Waals surface area contributed by atoms with Gasteiger partial charge in [0.25, 0.3) is 0 Å². The molecule has 2 heteroatoms. The highest BCUT2D eigenvalue weighted by Crippen LogP contribution is 2.34. The zero-order chi connectivity index (χ0) is 17.9. The van der Waals surface area contributed by atoms with Gasteiger partial charge in [-0.1, -0.05) is 66.2 Å². The Kier molecular flexibility index (Phi) is 4.57. The smallest absolute Gasteiger partial charge is 0.124 e. The predicted octanol–water partition coefficient (Wildman–Crippen LogP) is 5.62. The molecule has 0 heterocycles. The van der Waals surface area contributed by atoms with Crippen LogP contribution in [0.5, 0.6) is 5.75 Å². The lowest BCUT2D eigenvalue weighted by Crippen LogP contribution is -2.12. The van der Waals surface area contributed by atoms with E-state index in [4.69, 9.17) is 4.99 Å². The molecule has 26 heavy (non-hydrogen) atoms. The lowest BCUT2D eigenvalue weighted by molar-refractivity contribution is 0.474. The fraction of sp³-hybridized carbons (Fsp3) is 0.208. The molecule has 3 aromatic carbocycles. The van der Waals surface area contributed by atoms with Crippen molar-refractivity contribution in [3.8, 4) is 5.75 Å². The highest BCUT2D eigenvalue weighted by Gasteiger charge is 2.21. The number of nitrogens with zero attached hydrogens (tertiary/aromatic N) is 1. The molecule has 130 valence electrons. The Hall–Kier alpha value is -2.87. The summed E-state index contributed by atoms with van der Waals surface area (Å²) < 4.78 is 0. The Morgan fingerprint density at radius 2 is 1.73 bits per heavy atom. The molecule has 0 aliphatic heterocycles. The van der Waals surface area contributed by atoms with E-state index in [9.17, 15) is 5.11 Å². The van der Waals surface area contributed by atoms with E-state index in [0.717, 1.165) is 41.7 Å².